The number of piperidine rings is 1. The van der Waals surface area contributed by atoms with Crippen LogP contribution >= 0.6 is 0 Å². The molecule has 2 aliphatic heterocycles. The lowest BCUT2D eigenvalue weighted by Crippen LogP contribution is -2.51. The second-order valence-corrected chi connectivity index (χ2v) is 10.3. The van der Waals surface area contributed by atoms with Gasteiger partial charge in [-0.3, -0.25) is 9.69 Å². The highest BCUT2D eigenvalue weighted by Crippen LogP contribution is 2.49. The molecular formula is C24H39NO4. The second-order valence-electron chi connectivity index (χ2n) is 10.3. The number of fused-ring (bicyclic) bond motifs is 3. The monoisotopic (exact) mass is 405 g/mol. The molecular weight excluding hydrogens is 366 g/mol. The van der Waals surface area contributed by atoms with E-state index in [4.69, 9.17) is 0 Å². The molecule has 0 spiro atoms. The molecule has 0 aromatic heterocycles. The molecule has 0 amide bonds. The predicted molar refractivity (Wildman–Crippen MR) is 112 cm³/mol. The zero-order valence-corrected chi connectivity index (χ0v) is 17.8. The topological polar surface area (TPSA) is 81.0 Å². The fourth-order valence-corrected chi connectivity index (χ4v) is 6.98. The number of rotatable bonds is 6. The number of hydrogen-bond acceptors (Lipinski definition) is 4. The van der Waals surface area contributed by atoms with Crippen LogP contribution in [-0.2, 0) is 4.79 Å². The van der Waals surface area contributed by atoms with Crippen molar-refractivity contribution in [3.05, 3.63) is 12.2 Å². The Hall–Kier alpha value is -0.910. The van der Waals surface area contributed by atoms with E-state index < -0.39 is 18.2 Å². The van der Waals surface area contributed by atoms with E-state index in [1.807, 2.05) is 6.08 Å². The van der Waals surface area contributed by atoms with Crippen LogP contribution < -0.4 is 0 Å². The molecule has 3 N–H and O–H groups in total. The summed E-state index contributed by atoms with van der Waals surface area (Å²) in [6, 6.07) is 0.126. The molecule has 0 aromatic carbocycles. The van der Waals surface area contributed by atoms with Crippen LogP contribution in [0.2, 0.25) is 0 Å². The van der Waals surface area contributed by atoms with Gasteiger partial charge in [-0.1, -0.05) is 51.2 Å². The third-order valence-electron chi connectivity index (χ3n) is 8.47. The van der Waals surface area contributed by atoms with Crippen molar-refractivity contribution >= 4 is 5.97 Å². The summed E-state index contributed by atoms with van der Waals surface area (Å²) in [5.41, 5.74) is 0. The van der Waals surface area contributed by atoms with E-state index >= 15 is 0 Å². The number of carboxylic acid groups (broad SMARTS) is 1. The van der Waals surface area contributed by atoms with Crippen molar-refractivity contribution in [3.63, 3.8) is 0 Å². The average molecular weight is 406 g/mol. The Labute approximate surface area is 175 Å². The standard InChI is InChI=1S/C24H39NO4/c1-15(12-16-6-3-2-4-7-16)22(26)11-10-18-19-13-17-8-5-9-20(24(28)29)25(17)21(19)14-23(18)27/h10-11,15-23,26-27H,2-9,12-14H2,1H3,(H,28,29)/t15?,17?,18-,19-,20?,21-,22+,23-/m1/s1. The minimum Gasteiger partial charge on any atom is -0.480 e. The van der Waals surface area contributed by atoms with E-state index in [0.29, 0.717) is 18.4 Å². The second kappa shape index (κ2) is 9.07. The molecule has 5 heteroatoms. The fourth-order valence-electron chi connectivity index (χ4n) is 6.98. The molecule has 8 atom stereocenters. The lowest BCUT2D eigenvalue weighted by Gasteiger charge is -2.38. The van der Waals surface area contributed by atoms with Crippen LogP contribution in [0.5, 0.6) is 0 Å². The van der Waals surface area contributed by atoms with Gasteiger partial charge in [0.1, 0.15) is 6.04 Å². The first-order valence-electron chi connectivity index (χ1n) is 12.0. The largest absolute Gasteiger partial charge is 0.480 e. The van der Waals surface area contributed by atoms with Gasteiger partial charge in [0.05, 0.1) is 12.2 Å². The van der Waals surface area contributed by atoms with Crippen LogP contribution in [-0.4, -0.2) is 56.5 Å². The summed E-state index contributed by atoms with van der Waals surface area (Å²) in [4.78, 5) is 14.0. The SMILES string of the molecule is CC(CC1CCCCC1)[C@@H](O)C=C[C@@H]1[C@H]2CC3CCCC(C(=O)O)N3[C@@H]2C[C@H]1O. The molecule has 5 nitrogen and oxygen atoms in total. The van der Waals surface area contributed by atoms with Crippen molar-refractivity contribution in [2.24, 2.45) is 23.7 Å². The molecule has 0 aromatic rings. The number of aliphatic hydroxyl groups is 2. The molecule has 4 fully saturated rings. The zero-order chi connectivity index (χ0) is 20.5. The Bertz CT molecular complexity index is 602. The first-order valence-corrected chi connectivity index (χ1v) is 12.0. The number of nitrogens with zero attached hydrogens (tertiary/aromatic N) is 1. The summed E-state index contributed by atoms with van der Waals surface area (Å²) in [6.07, 6.45) is 15.2. The van der Waals surface area contributed by atoms with Gasteiger partial charge in [0, 0.05) is 18.0 Å². The van der Waals surface area contributed by atoms with Gasteiger partial charge in [-0.15, -0.1) is 0 Å². The average Bonchev–Trinajstić information content (AvgIpc) is 3.21. The molecule has 2 saturated carbocycles. The minimum atomic E-state index is -0.712. The van der Waals surface area contributed by atoms with Crippen molar-refractivity contribution in [1.82, 2.24) is 4.90 Å². The first-order chi connectivity index (χ1) is 14.0. The lowest BCUT2D eigenvalue weighted by atomic mass is 9.81. The highest BCUT2D eigenvalue weighted by Gasteiger charge is 2.55. The summed E-state index contributed by atoms with van der Waals surface area (Å²) in [6.45, 7) is 2.14. The van der Waals surface area contributed by atoms with Gasteiger partial charge in [-0.25, -0.2) is 0 Å². The molecule has 4 rings (SSSR count). The van der Waals surface area contributed by atoms with E-state index in [-0.39, 0.29) is 23.9 Å². The van der Waals surface area contributed by atoms with Gasteiger partial charge >= 0.3 is 5.97 Å². The summed E-state index contributed by atoms with van der Waals surface area (Å²) in [5, 5.41) is 31.1. The van der Waals surface area contributed by atoms with Crippen LogP contribution in [0, 0.1) is 23.7 Å². The van der Waals surface area contributed by atoms with Crippen LogP contribution in [0.25, 0.3) is 0 Å². The van der Waals surface area contributed by atoms with Gasteiger partial charge in [0.2, 0.25) is 0 Å². The molecule has 0 bridgehead atoms. The lowest BCUT2D eigenvalue weighted by molar-refractivity contribution is -0.146. The Morgan fingerprint density at radius 1 is 1.10 bits per heavy atom. The van der Waals surface area contributed by atoms with Gasteiger partial charge in [-0.05, 0) is 56.3 Å². The number of carboxylic acids is 1. The molecule has 4 aliphatic rings. The Kier molecular flexibility index (Phi) is 6.67. The number of aliphatic carboxylic acids is 1. The molecule has 2 heterocycles. The summed E-state index contributed by atoms with van der Waals surface area (Å²) >= 11 is 0. The van der Waals surface area contributed by atoms with Crippen LogP contribution in [0.15, 0.2) is 12.2 Å². The first kappa shape index (κ1) is 21.3. The van der Waals surface area contributed by atoms with Crippen molar-refractivity contribution in [1.29, 1.82) is 0 Å². The number of carbonyl (C=O) groups is 1. The van der Waals surface area contributed by atoms with Crippen LogP contribution in [0.4, 0.5) is 0 Å². The van der Waals surface area contributed by atoms with Crippen molar-refractivity contribution < 1.29 is 20.1 Å². The Morgan fingerprint density at radius 3 is 2.59 bits per heavy atom. The van der Waals surface area contributed by atoms with Gasteiger partial charge in [0.25, 0.3) is 0 Å². The highest BCUT2D eigenvalue weighted by atomic mass is 16.4. The molecule has 2 aliphatic carbocycles. The smallest absolute Gasteiger partial charge is 0.320 e. The normalized spacial score (nSPS) is 40.7. The highest BCUT2D eigenvalue weighted by molar-refractivity contribution is 5.73. The van der Waals surface area contributed by atoms with E-state index in [9.17, 15) is 20.1 Å². The maximum absolute atomic E-state index is 11.8. The third-order valence-corrected chi connectivity index (χ3v) is 8.47. The Balaban J connectivity index is 1.38. The van der Waals surface area contributed by atoms with Crippen molar-refractivity contribution in [3.8, 4) is 0 Å². The number of hydrogen-bond donors (Lipinski definition) is 3. The zero-order valence-electron chi connectivity index (χ0n) is 17.8. The van der Waals surface area contributed by atoms with Gasteiger partial charge < -0.3 is 15.3 Å². The van der Waals surface area contributed by atoms with Crippen LogP contribution in [0.3, 0.4) is 0 Å². The van der Waals surface area contributed by atoms with E-state index in [2.05, 4.69) is 17.9 Å². The number of aliphatic hydroxyl groups excluding tert-OH is 2. The summed E-state index contributed by atoms with van der Waals surface area (Å²) in [7, 11) is 0. The quantitative estimate of drug-likeness (QED) is 0.589. The van der Waals surface area contributed by atoms with Crippen LogP contribution in [0.1, 0.15) is 77.6 Å². The minimum absolute atomic E-state index is 0.0385. The Morgan fingerprint density at radius 2 is 1.86 bits per heavy atom. The molecule has 2 saturated heterocycles. The summed E-state index contributed by atoms with van der Waals surface area (Å²) in [5.74, 6) is 0.636. The summed E-state index contributed by atoms with van der Waals surface area (Å²) < 4.78 is 0. The third kappa shape index (κ3) is 4.42. The maximum atomic E-state index is 11.8. The van der Waals surface area contributed by atoms with E-state index in [0.717, 1.165) is 38.0 Å². The molecule has 164 valence electrons. The van der Waals surface area contributed by atoms with Crippen molar-refractivity contribution in [2.75, 3.05) is 0 Å². The predicted octanol–water partition coefficient (Wildman–Crippen LogP) is 3.59. The van der Waals surface area contributed by atoms with E-state index in [1.165, 1.54) is 32.1 Å². The fraction of sp³-hybridized carbons (Fsp3) is 0.875. The molecule has 3 unspecified atom stereocenters. The van der Waals surface area contributed by atoms with Gasteiger partial charge in [0.15, 0.2) is 0 Å². The van der Waals surface area contributed by atoms with Crippen molar-refractivity contribution in [2.45, 2.75) is 108 Å². The maximum Gasteiger partial charge on any atom is 0.320 e. The van der Waals surface area contributed by atoms with E-state index in [1.54, 1.807) is 0 Å². The van der Waals surface area contributed by atoms with Gasteiger partial charge in [-0.2, -0.15) is 0 Å². The molecule has 0 radical (unpaired) electrons. The molecule has 29 heavy (non-hydrogen) atoms.